The van der Waals surface area contributed by atoms with E-state index in [1.165, 1.54) is 5.56 Å². The van der Waals surface area contributed by atoms with E-state index in [0.717, 1.165) is 17.5 Å². The summed E-state index contributed by atoms with van der Waals surface area (Å²) in [5, 5.41) is 0. The number of benzene rings is 2. The molecule has 1 amide bonds. The highest BCUT2D eigenvalue weighted by Gasteiger charge is 2.35. The van der Waals surface area contributed by atoms with E-state index >= 15 is 0 Å². The van der Waals surface area contributed by atoms with Gasteiger partial charge in [0.1, 0.15) is 0 Å². The summed E-state index contributed by atoms with van der Waals surface area (Å²) in [6.07, 6.45) is 1.47. The van der Waals surface area contributed by atoms with Crippen molar-refractivity contribution < 1.29 is 13.2 Å². The largest absolute Gasteiger partial charge is 0.330 e. The molecule has 1 aliphatic heterocycles. The van der Waals surface area contributed by atoms with Gasteiger partial charge in [-0.05, 0) is 43.0 Å². The van der Waals surface area contributed by atoms with Crippen LogP contribution >= 0.6 is 0 Å². The minimum Gasteiger partial charge on any atom is -0.330 e. The van der Waals surface area contributed by atoms with Crippen LogP contribution in [0.4, 0.5) is 0 Å². The van der Waals surface area contributed by atoms with E-state index in [1.54, 1.807) is 4.90 Å². The number of nitrogens with zero attached hydrogens (tertiary/aromatic N) is 1. The van der Waals surface area contributed by atoms with Crippen LogP contribution in [0.1, 0.15) is 40.4 Å². The van der Waals surface area contributed by atoms with Crippen LogP contribution in [0, 0.1) is 6.92 Å². The lowest BCUT2D eigenvalue weighted by atomic mass is 10.1. The third kappa shape index (κ3) is 4.33. The van der Waals surface area contributed by atoms with Gasteiger partial charge in [0.05, 0.1) is 11.5 Å². The molecule has 1 atom stereocenters. The van der Waals surface area contributed by atoms with Crippen molar-refractivity contribution in [2.75, 3.05) is 11.5 Å². The molecule has 26 heavy (non-hydrogen) atoms. The maximum atomic E-state index is 13.1. The number of hydrogen-bond donors (Lipinski definition) is 0. The Hall–Kier alpha value is -2.14. The molecule has 0 saturated carbocycles. The molecule has 0 unspecified atom stereocenters. The van der Waals surface area contributed by atoms with Gasteiger partial charge in [-0.3, -0.25) is 4.79 Å². The van der Waals surface area contributed by atoms with Crippen LogP contribution in [0.15, 0.2) is 48.5 Å². The predicted octanol–water partition coefficient (Wildman–Crippen LogP) is 3.39. The summed E-state index contributed by atoms with van der Waals surface area (Å²) < 4.78 is 23.9. The highest BCUT2D eigenvalue weighted by Crippen LogP contribution is 2.23. The topological polar surface area (TPSA) is 54.5 Å². The first kappa shape index (κ1) is 18.6. The lowest BCUT2D eigenvalue weighted by molar-refractivity contribution is 0.0681. The molecule has 0 N–H and O–H groups in total. The average molecular weight is 372 g/mol. The van der Waals surface area contributed by atoms with Crippen molar-refractivity contribution in [2.24, 2.45) is 0 Å². The Morgan fingerprint density at radius 1 is 1.04 bits per heavy atom. The van der Waals surface area contributed by atoms with Gasteiger partial charge in [-0.25, -0.2) is 8.42 Å². The molecule has 138 valence electrons. The molecule has 3 rings (SSSR count). The van der Waals surface area contributed by atoms with Crippen molar-refractivity contribution in [3.8, 4) is 0 Å². The third-order valence-corrected chi connectivity index (χ3v) is 6.74. The highest BCUT2D eigenvalue weighted by atomic mass is 32.2. The normalized spacial score (nSPS) is 18.6. The summed E-state index contributed by atoms with van der Waals surface area (Å²) >= 11 is 0. The first-order valence-corrected chi connectivity index (χ1v) is 10.9. The first-order valence-electron chi connectivity index (χ1n) is 9.04. The fourth-order valence-electron chi connectivity index (χ4n) is 3.33. The Bertz CT molecular complexity index is 870. The van der Waals surface area contributed by atoms with E-state index in [-0.39, 0.29) is 23.5 Å². The van der Waals surface area contributed by atoms with Gasteiger partial charge in [0.25, 0.3) is 5.91 Å². The van der Waals surface area contributed by atoms with E-state index in [2.05, 4.69) is 19.1 Å². The Labute approximate surface area is 155 Å². The molecule has 4 nitrogen and oxygen atoms in total. The molecular weight excluding hydrogens is 346 g/mol. The van der Waals surface area contributed by atoms with Crippen LogP contribution in [0.25, 0.3) is 0 Å². The molecule has 0 aliphatic carbocycles. The summed E-state index contributed by atoms with van der Waals surface area (Å²) in [5.74, 6) is 0.105. The van der Waals surface area contributed by atoms with Gasteiger partial charge < -0.3 is 4.90 Å². The maximum Gasteiger partial charge on any atom is 0.254 e. The molecule has 1 saturated heterocycles. The van der Waals surface area contributed by atoms with Crippen molar-refractivity contribution in [3.05, 3.63) is 70.8 Å². The number of aryl methyl sites for hydroxylation is 2. The van der Waals surface area contributed by atoms with E-state index in [9.17, 15) is 13.2 Å². The Kier molecular flexibility index (Phi) is 5.47. The number of carbonyl (C=O) groups is 1. The van der Waals surface area contributed by atoms with Crippen molar-refractivity contribution in [3.63, 3.8) is 0 Å². The van der Waals surface area contributed by atoms with E-state index in [0.29, 0.717) is 18.5 Å². The van der Waals surface area contributed by atoms with Gasteiger partial charge in [-0.1, -0.05) is 48.9 Å². The monoisotopic (exact) mass is 371 g/mol. The first-order chi connectivity index (χ1) is 12.4. The lowest BCUT2D eigenvalue weighted by Gasteiger charge is -2.28. The molecule has 0 aromatic heterocycles. The van der Waals surface area contributed by atoms with Gasteiger partial charge in [0, 0.05) is 18.2 Å². The standard InChI is InChI=1S/C21H25NO3S/c1-3-17-6-8-18(9-7-17)14-22(20-12-13-26(24,25)15-20)21(23)19-10-4-16(2)5-11-19/h4-11,20H,3,12-15H2,1-2H3/t20-/m1/s1. The lowest BCUT2D eigenvalue weighted by Crippen LogP contribution is -2.40. The third-order valence-electron chi connectivity index (χ3n) is 4.99. The van der Waals surface area contributed by atoms with E-state index in [4.69, 9.17) is 0 Å². The second-order valence-electron chi connectivity index (χ2n) is 7.03. The molecule has 2 aromatic carbocycles. The molecule has 5 heteroatoms. The number of carbonyl (C=O) groups excluding carboxylic acids is 1. The summed E-state index contributed by atoms with van der Waals surface area (Å²) in [5.41, 5.74) is 3.96. The Morgan fingerprint density at radius 2 is 1.65 bits per heavy atom. The fraction of sp³-hybridized carbons (Fsp3) is 0.381. The molecule has 2 aromatic rings. The fourth-order valence-corrected chi connectivity index (χ4v) is 5.06. The van der Waals surface area contributed by atoms with Gasteiger partial charge in [-0.15, -0.1) is 0 Å². The predicted molar refractivity (Wildman–Crippen MR) is 104 cm³/mol. The van der Waals surface area contributed by atoms with Crippen molar-refractivity contribution in [1.82, 2.24) is 4.90 Å². The molecule has 1 aliphatic rings. The number of amides is 1. The van der Waals surface area contributed by atoms with Gasteiger partial charge in [0.15, 0.2) is 9.84 Å². The van der Waals surface area contributed by atoms with Gasteiger partial charge in [-0.2, -0.15) is 0 Å². The zero-order chi connectivity index (χ0) is 18.7. The molecule has 1 heterocycles. The number of sulfone groups is 1. The van der Waals surface area contributed by atoms with Crippen LogP contribution in [0.2, 0.25) is 0 Å². The van der Waals surface area contributed by atoms with Crippen LogP contribution < -0.4 is 0 Å². The van der Waals surface area contributed by atoms with Gasteiger partial charge >= 0.3 is 0 Å². The van der Waals surface area contributed by atoms with Crippen molar-refractivity contribution >= 4 is 15.7 Å². The quantitative estimate of drug-likeness (QED) is 0.810. The van der Waals surface area contributed by atoms with Crippen LogP contribution in [-0.2, 0) is 22.8 Å². The number of hydrogen-bond acceptors (Lipinski definition) is 3. The molecule has 0 bridgehead atoms. The summed E-state index contributed by atoms with van der Waals surface area (Å²) in [6, 6.07) is 15.4. The summed E-state index contributed by atoms with van der Waals surface area (Å²) in [6.45, 7) is 4.51. The summed E-state index contributed by atoms with van der Waals surface area (Å²) in [7, 11) is -3.06. The van der Waals surface area contributed by atoms with Crippen LogP contribution in [-0.4, -0.2) is 36.8 Å². The number of rotatable bonds is 5. The molecule has 0 spiro atoms. The average Bonchev–Trinajstić information content (AvgIpc) is 3.00. The zero-order valence-electron chi connectivity index (χ0n) is 15.3. The maximum absolute atomic E-state index is 13.1. The Balaban J connectivity index is 1.88. The minimum absolute atomic E-state index is 0.0532. The van der Waals surface area contributed by atoms with E-state index < -0.39 is 9.84 Å². The smallest absolute Gasteiger partial charge is 0.254 e. The van der Waals surface area contributed by atoms with Crippen LogP contribution in [0.3, 0.4) is 0 Å². The second-order valence-corrected chi connectivity index (χ2v) is 9.25. The molecule has 1 fully saturated rings. The SMILES string of the molecule is CCc1ccc(CN(C(=O)c2ccc(C)cc2)[C@@H]2CCS(=O)(=O)C2)cc1. The van der Waals surface area contributed by atoms with E-state index in [1.807, 2.05) is 43.3 Å². The molecular formula is C21H25NO3S. The Morgan fingerprint density at radius 3 is 2.19 bits per heavy atom. The minimum atomic E-state index is -3.06. The van der Waals surface area contributed by atoms with Crippen molar-refractivity contribution in [2.45, 2.75) is 39.3 Å². The highest BCUT2D eigenvalue weighted by molar-refractivity contribution is 7.91. The van der Waals surface area contributed by atoms with Crippen molar-refractivity contribution in [1.29, 1.82) is 0 Å². The molecule has 0 radical (unpaired) electrons. The second kappa shape index (κ2) is 7.62. The van der Waals surface area contributed by atoms with Gasteiger partial charge in [0.2, 0.25) is 0 Å². The zero-order valence-corrected chi connectivity index (χ0v) is 16.1. The van der Waals surface area contributed by atoms with Crippen LogP contribution in [0.5, 0.6) is 0 Å². The summed E-state index contributed by atoms with van der Waals surface area (Å²) in [4.78, 5) is 14.8.